The Morgan fingerprint density at radius 1 is 0.792 bits per heavy atom. The van der Waals surface area contributed by atoms with Gasteiger partial charge in [0.1, 0.15) is 0 Å². The highest BCUT2D eigenvalue weighted by atomic mass is 16.5. The lowest BCUT2D eigenvalue weighted by Crippen LogP contribution is -2.25. The summed E-state index contributed by atoms with van der Waals surface area (Å²) in [5.74, 6) is 0.733. The van der Waals surface area contributed by atoms with Gasteiger partial charge in [-0.2, -0.15) is 0 Å². The highest BCUT2D eigenvalue weighted by Gasteiger charge is 2.24. The average Bonchev–Trinajstić information content (AvgIpc) is 2.59. The molecule has 1 fully saturated rings. The molecule has 0 heterocycles. The lowest BCUT2D eigenvalue weighted by Gasteiger charge is -2.28. The normalized spacial score (nSPS) is 20.6. The van der Waals surface area contributed by atoms with E-state index < -0.39 is 0 Å². The molecule has 0 radical (unpaired) electrons. The number of hydrogen-bond donors (Lipinski definition) is 0. The quantitative estimate of drug-likeness (QED) is 0.369. The minimum absolute atomic E-state index is 0.0621. The van der Waals surface area contributed by atoms with Crippen LogP contribution in [0.15, 0.2) is 0 Å². The Labute approximate surface area is 147 Å². The number of esters is 2. The van der Waals surface area contributed by atoms with Crippen molar-refractivity contribution in [2.45, 2.75) is 90.9 Å². The summed E-state index contributed by atoms with van der Waals surface area (Å²) in [5, 5.41) is 0. The molecule has 140 valence electrons. The molecule has 0 bridgehead atoms. The maximum atomic E-state index is 11.7. The van der Waals surface area contributed by atoms with E-state index in [1.807, 2.05) is 0 Å². The van der Waals surface area contributed by atoms with E-state index in [1.54, 1.807) is 0 Å². The zero-order valence-corrected chi connectivity index (χ0v) is 15.7. The highest BCUT2D eigenvalue weighted by Crippen LogP contribution is 2.29. The minimum Gasteiger partial charge on any atom is -0.465 e. The fourth-order valence-electron chi connectivity index (χ4n) is 3.31. The molecule has 1 saturated carbocycles. The van der Waals surface area contributed by atoms with Gasteiger partial charge < -0.3 is 9.47 Å². The second-order valence-corrected chi connectivity index (χ2v) is 7.18. The average molecular weight is 341 g/mol. The summed E-state index contributed by atoms with van der Waals surface area (Å²) in [6.07, 6.45) is 11.7. The second kappa shape index (κ2) is 13.3. The zero-order valence-electron chi connectivity index (χ0n) is 15.7. The Bertz CT molecular complexity index is 322. The van der Waals surface area contributed by atoms with Crippen molar-refractivity contribution in [1.29, 1.82) is 0 Å². The molecule has 2 unspecified atom stereocenters. The molecule has 0 aromatic heterocycles. The summed E-state index contributed by atoms with van der Waals surface area (Å²) in [5.41, 5.74) is 0. The van der Waals surface area contributed by atoms with Crippen LogP contribution >= 0.6 is 0 Å². The van der Waals surface area contributed by atoms with E-state index in [2.05, 4.69) is 13.8 Å². The summed E-state index contributed by atoms with van der Waals surface area (Å²) in [6.45, 7) is 5.33. The molecule has 0 amide bonds. The molecule has 0 aliphatic heterocycles. The van der Waals surface area contributed by atoms with Gasteiger partial charge in [0.05, 0.1) is 13.2 Å². The fourth-order valence-corrected chi connectivity index (χ4v) is 3.31. The van der Waals surface area contributed by atoms with Crippen LogP contribution in [0.1, 0.15) is 90.9 Å². The van der Waals surface area contributed by atoms with E-state index >= 15 is 0 Å². The largest absolute Gasteiger partial charge is 0.465 e. The van der Waals surface area contributed by atoms with Gasteiger partial charge in [0.25, 0.3) is 0 Å². The van der Waals surface area contributed by atoms with Crippen molar-refractivity contribution >= 4 is 11.9 Å². The minimum atomic E-state index is -0.0621. The maximum Gasteiger partial charge on any atom is 0.305 e. The first-order valence-electron chi connectivity index (χ1n) is 9.96. The third kappa shape index (κ3) is 9.94. The monoisotopic (exact) mass is 340 g/mol. The molecule has 0 aromatic rings. The van der Waals surface area contributed by atoms with Crippen molar-refractivity contribution < 1.29 is 19.1 Å². The van der Waals surface area contributed by atoms with Gasteiger partial charge in [0.2, 0.25) is 0 Å². The topological polar surface area (TPSA) is 52.6 Å². The molecule has 2 atom stereocenters. The van der Waals surface area contributed by atoms with Gasteiger partial charge >= 0.3 is 11.9 Å². The molecule has 1 aliphatic rings. The van der Waals surface area contributed by atoms with Crippen LogP contribution in [0.2, 0.25) is 0 Å². The van der Waals surface area contributed by atoms with E-state index in [0.717, 1.165) is 64.2 Å². The van der Waals surface area contributed by atoms with E-state index in [4.69, 9.17) is 9.47 Å². The number of carbonyl (C=O) groups excluding carboxylic acids is 2. The molecule has 4 nitrogen and oxygen atoms in total. The van der Waals surface area contributed by atoms with Gasteiger partial charge in [-0.1, -0.05) is 46.0 Å². The van der Waals surface area contributed by atoms with Gasteiger partial charge in [0, 0.05) is 12.8 Å². The zero-order chi connectivity index (χ0) is 17.6. The summed E-state index contributed by atoms with van der Waals surface area (Å²) in [6, 6.07) is 0. The molecule has 1 rings (SSSR count). The fraction of sp³-hybridized carbons (Fsp3) is 0.900. The molecule has 1 aliphatic carbocycles. The van der Waals surface area contributed by atoms with Crippen LogP contribution in [0.5, 0.6) is 0 Å². The van der Waals surface area contributed by atoms with Crippen LogP contribution in [0.4, 0.5) is 0 Å². The molecule has 0 N–H and O–H groups in total. The Morgan fingerprint density at radius 3 is 1.67 bits per heavy atom. The number of carbonyl (C=O) groups is 2. The first-order valence-corrected chi connectivity index (χ1v) is 9.96. The number of rotatable bonds is 12. The van der Waals surface area contributed by atoms with E-state index in [-0.39, 0.29) is 11.9 Å². The third-order valence-corrected chi connectivity index (χ3v) is 4.82. The Morgan fingerprint density at radius 2 is 1.25 bits per heavy atom. The molecule has 0 spiro atoms. The Hall–Kier alpha value is -1.06. The predicted octanol–water partition coefficient (Wildman–Crippen LogP) is 5.04. The lowest BCUT2D eigenvalue weighted by molar-refractivity contribution is -0.146. The van der Waals surface area contributed by atoms with Gasteiger partial charge in [-0.05, 0) is 43.9 Å². The van der Waals surface area contributed by atoms with Crippen molar-refractivity contribution in [2.75, 3.05) is 13.2 Å². The van der Waals surface area contributed by atoms with E-state index in [9.17, 15) is 9.59 Å². The summed E-state index contributed by atoms with van der Waals surface area (Å²) < 4.78 is 10.8. The Kier molecular flexibility index (Phi) is 11.6. The number of ether oxygens (including phenoxy) is 2. The summed E-state index contributed by atoms with van der Waals surface area (Å²) in [4.78, 5) is 23.4. The third-order valence-electron chi connectivity index (χ3n) is 4.82. The molecular weight excluding hydrogens is 304 g/mol. The highest BCUT2D eigenvalue weighted by molar-refractivity contribution is 5.69. The lowest BCUT2D eigenvalue weighted by atomic mass is 9.82. The van der Waals surface area contributed by atoms with E-state index in [0.29, 0.717) is 37.9 Å². The second-order valence-electron chi connectivity index (χ2n) is 7.18. The maximum absolute atomic E-state index is 11.7. The smallest absolute Gasteiger partial charge is 0.305 e. The van der Waals surface area contributed by atoms with Gasteiger partial charge in [0.15, 0.2) is 0 Å². The van der Waals surface area contributed by atoms with Crippen molar-refractivity contribution in [2.24, 2.45) is 11.8 Å². The molecule has 0 aromatic carbocycles. The first kappa shape index (κ1) is 21.0. The van der Waals surface area contributed by atoms with Gasteiger partial charge in [-0.25, -0.2) is 0 Å². The number of hydrogen-bond acceptors (Lipinski definition) is 4. The van der Waals surface area contributed by atoms with Crippen molar-refractivity contribution in [3.63, 3.8) is 0 Å². The van der Waals surface area contributed by atoms with Crippen LogP contribution in [-0.4, -0.2) is 25.2 Å². The summed E-state index contributed by atoms with van der Waals surface area (Å²) in [7, 11) is 0. The van der Waals surface area contributed by atoms with Gasteiger partial charge in [-0.15, -0.1) is 0 Å². The van der Waals surface area contributed by atoms with Crippen LogP contribution in [0, 0.1) is 11.8 Å². The first-order chi connectivity index (χ1) is 11.7. The van der Waals surface area contributed by atoms with E-state index in [1.165, 1.54) is 0 Å². The van der Waals surface area contributed by atoms with Crippen LogP contribution in [0.3, 0.4) is 0 Å². The molecule has 0 saturated heterocycles. The molecular formula is C20H36O4. The molecule has 24 heavy (non-hydrogen) atoms. The van der Waals surface area contributed by atoms with Crippen molar-refractivity contribution in [3.05, 3.63) is 0 Å². The van der Waals surface area contributed by atoms with Crippen LogP contribution in [0.25, 0.3) is 0 Å². The Balaban J connectivity index is 2.14. The van der Waals surface area contributed by atoms with Crippen molar-refractivity contribution in [1.82, 2.24) is 0 Å². The standard InChI is InChI=1S/C20H36O4/c1-3-5-7-12-19(21)23-15-17-10-9-11-18(14-17)16-24-20(22)13-8-6-4-2/h17-18H,3-16H2,1-2H3. The SMILES string of the molecule is CCCCCC(=O)OCC1CCCC(COC(=O)CCCCC)C1. The van der Waals surface area contributed by atoms with Crippen LogP contribution in [-0.2, 0) is 19.1 Å². The van der Waals surface area contributed by atoms with Crippen molar-refractivity contribution in [3.8, 4) is 0 Å². The molecule has 4 heteroatoms. The number of unbranched alkanes of at least 4 members (excludes halogenated alkanes) is 4. The van der Waals surface area contributed by atoms with Gasteiger partial charge in [-0.3, -0.25) is 9.59 Å². The predicted molar refractivity (Wildman–Crippen MR) is 95.7 cm³/mol. The summed E-state index contributed by atoms with van der Waals surface area (Å²) >= 11 is 0. The van der Waals surface area contributed by atoms with Crippen LogP contribution < -0.4 is 0 Å².